The van der Waals surface area contributed by atoms with E-state index >= 15 is 0 Å². The molecule has 4 N–H and O–H groups in total. The van der Waals surface area contributed by atoms with Crippen LogP contribution in [-0.2, 0) is 9.53 Å². The standard InChI is InChI=1S/C18H32ClFN2O4S/c1-4-5-18(20)6-7-21-11(9-18)17(25)22-14(10(2)19)16-15(24)12(23)8-13(26-16)27-3/h10-16,21,23-24H,4-9H2,1-3H3,(H,22,25). The number of aliphatic hydroxyl groups is 2. The molecule has 0 saturated carbocycles. The van der Waals surface area contributed by atoms with Crippen LogP contribution in [0, 0.1) is 0 Å². The van der Waals surface area contributed by atoms with Gasteiger partial charge >= 0.3 is 0 Å². The van der Waals surface area contributed by atoms with E-state index in [0.717, 1.165) is 6.42 Å². The van der Waals surface area contributed by atoms with Crippen LogP contribution in [0.4, 0.5) is 4.39 Å². The second-order valence-electron chi connectivity index (χ2n) is 7.63. The Bertz CT molecular complexity index is 500. The minimum absolute atomic E-state index is 0.111. The van der Waals surface area contributed by atoms with Gasteiger partial charge < -0.3 is 25.6 Å². The molecule has 2 aliphatic rings. The summed E-state index contributed by atoms with van der Waals surface area (Å²) in [6.45, 7) is 4.06. The van der Waals surface area contributed by atoms with Gasteiger partial charge in [0.05, 0.1) is 23.6 Å². The summed E-state index contributed by atoms with van der Waals surface area (Å²) < 4.78 is 20.8. The number of hydrogen-bond donors (Lipinski definition) is 4. The van der Waals surface area contributed by atoms with E-state index in [1.54, 1.807) is 6.92 Å². The number of thioether (sulfide) groups is 1. The maximum Gasteiger partial charge on any atom is 0.237 e. The van der Waals surface area contributed by atoms with Crippen LogP contribution in [-0.4, -0.2) is 75.8 Å². The van der Waals surface area contributed by atoms with Gasteiger partial charge in [-0.25, -0.2) is 4.39 Å². The van der Waals surface area contributed by atoms with Gasteiger partial charge in [-0.15, -0.1) is 23.4 Å². The summed E-state index contributed by atoms with van der Waals surface area (Å²) in [5, 5.41) is 25.9. The van der Waals surface area contributed by atoms with Gasteiger partial charge in [-0.1, -0.05) is 13.3 Å². The second kappa shape index (κ2) is 10.1. The minimum Gasteiger partial charge on any atom is -0.390 e. The number of ether oxygens (including phenoxy) is 1. The number of hydrogen-bond acceptors (Lipinski definition) is 6. The van der Waals surface area contributed by atoms with Gasteiger partial charge in [-0.2, -0.15) is 0 Å². The third kappa shape index (κ3) is 5.93. The van der Waals surface area contributed by atoms with Gasteiger partial charge in [0.25, 0.3) is 0 Å². The predicted octanol–water partition coefficient (Wildman–Crippen LogP) is 1.56. The van der Waals surface area contributed by atoms with Gasteiger partial charge in [0, 0.05) is 12.8 Å². The van der Waals surface area contributed by atoms with Crippen LogP contribution in [0.2, 0.25) is 0 Å². The van der Waals surface area contributed by atoms with E-state index in [1.165, 1.54) is 11.8 Å². The molecule has 0 aromatic carbocycles. The molecule has 1 amide bonds. The highest BCUT2D eigenvalue weighted by Gasteiger charge is 2.44. The van der Waals surface area contributed by atoms with Crippen molar-refractivity contribution in [2.45, 2.75) is 92.8 Å². The second-order valence-corrected chi connectivity index (χ2v) is 9.32. The highest BCUT2D eigenvalue weighted by molar-refractivity contribution is 7.99. The van der Waals surface area contributed by atoms with E-state index in [9.17, 15) is 19.4 Å². The molecule has 158 valence electrons. The maximum absolute atomic E-state index is 14.9. The molecule has 8 unspecified atom stereocenters. The van der Waals surface area contributed by atoms with Crippen molar-refractivity contribution in [2.24, 2.45) is 0 Å². The number of rotatable bonds is 7. The van der Waals surface area contributed by atoms with Gasteiger partial charge in [0.1, 0.15) is 23.3 Å². The minimum atomic E-state index is -1.34. The number of halogens is 2. The molecule has 8 atom stereocenters. The summed E-state index contributed by atoms with van der Waals surface area (Å²) in [4.78, 5) is 12.8. The van der Waals surface area contributed by atoms with E-state index in [0.29, 0.717) is 25.8 Å². The maximum atomic E-state index is 14.9. The summed E-state index contributed by atoms with van der Waals surface area (Å²) >= 11 is 7.71. The van der Waals surface area contributed by atoms with E-state index in [2.05, 4.69) is 10.6 Å². The number of piperidine rings is 1. The van der Waals surface area contributed by atoms with Crippen molar-refractivity contribution >= 4 is 29.3 Å². The zero-order valence-electron chi connectivity index (χ0n) is 16.2. The first-order valence-corrected chi connectivity index (χ1v) is 11.3. The quantitative estimate of drug-likeness (QED) is 0.462. The SMILES string of the molecule is CCCC1(F)CCNC(C(=O)NC(C(C)Cl)C2OC(SC)CC(O)C2O)C1. The third-order valence-electron chi connectivity index (χ3n) is 5.44. The number of nitrogens with one attached hydrogen (secondary N) is 2. The number of carbonyl (C=O) groups is 1. The largest absolute Gasteiger partial charge is 0.390 e. The molecule has 9 heteroatoms. The molecule has 0 aliphatic carbocycles. The number of carbonyl (C=O) groups excluding carboxylic acids is 1. The van der Waals surface area contributed by atoms with E-state index in [-0.39, 0.29) is 17.8 Å². The summed E-state index contributed by atoms with van der Waals surface area (Å²) in [6, 6.07) is -1.36. The Morgan fingerprint density at radius 2 is 2.22 bits per heavy atom. The van der Waals surface area contributed by atoms with Crippen LogP contribution in [0.15, 0.2) is 0 Å². The molecule has 6 nitrogen and oxygen atoms in total. The smallest absolute Gasteiger partial charge is 0.237 e. The fraction of sp³-hybridized carbons (Fsp3) is 0.944. The molecule has 0 aromatic rings. The Balaban J connectivity index is 2.07. The molecular weight excluding hydrogens is 395 g/mol. The van der Waals surface area contributed by atoms with Crippen LogP contribution >= 0.6 is 23.4 Å². The topological polar surface area (TPSA) is 90.8 Å². The molecule has 2 saturated heterocycles. The normalized spacial score (nSPS) is 39.6. The lowest BCUT2D eigenvalue weighted by molar-refractivity contribution is -0.158. The number of amides is 1. The Kier molecular flexibility index (Phi) is 8.64. The van der Waals surface area contributed by atoms with Crippen molar-refractivity contribution in [1.29, 1.82) is 0 Å². The Morgan fingerprint density at radius 3 is 2.81 bits per heavy atom. The molecule has 0 bridgehead atoms. The van der Waals surface area contributed by atoms with Crippen LogP contribution in [0.3, 0.4) is 0 Å². The monoisotopic (exact) mass is 426 g/mol. The average molecular weight is 427 g/mol. The molecule has 0 radical (unpaired) electrons. The molecular formula is C18H32ClFN2O4S. The summed E-state index contributed by atoms with van der Waals surface area (Å²) in [5.74, 6) is -0.359. The van der Waals surface area contributed by atoms with E-state index in [4.69, 9.17) is 16.3 Å². The van der Waals surface area contributed by atoms with E-state index in [1.807, 2.05) is 13.2 Å². The lowest BCUT2D eigenvalue weighted by Crippen LogP contribution is -2.63. The first-order chi connectivity index (χ1) is 12.7. The summed E-state index contributed by atoms with van der Waals surface area (Å²) in [6.07, 6.45) is 0.879. The molecule has 2 fully saturated rings. The van der Waals surface area contributed by atoms with Gasteiger partial charge in [-0.05, 0) is 32.6 Å². The van der Waals surface area contributed by atoms with Gasteiger partial charge in [0.2, 0.25) is 5.91 Å². The lowest BCUT2D eigenvalue weighted by atomic mass is 9.85. The Labute approximate surface area is 169 Å². The van der Waals surface area contributed by atoms with Crippen molar-refractivity contribution in [1.82, 2.24) is 10.6 Å². The van der Waals surface area contributed by atoms with Gasteiger partial charge in [-0.3, -0.25) is 4.79 Å². The van der Waals surface area contributed by atoms with Crippen molar-refractivity contribution in [3.63, 3.8) is 0 Å². The van der Waals surface area contributed by atoms with Crippen LogP contribution in [0.25, 0.3) is 0 Å². The zero-order valence-corrected chi connectivity index (χ0v) is 17.7. The molecule has 27 heavy (non-hydrogen) atoms. The van der Waals surface area contributed by atoms with Crippen molar-refractivity contribution < 1.29 is 24.1 Å². The van der Waals surface area contributed by atoms with E-state index < -0.39 is 41.4 Å². The average Bonchev–Trinajstić information content (AvgIpc) is 2.61. The summed E-state index contributed by atoms with van der Waals surface area (Å²) in [5.41, 5.74) is -1.63. The van der Waals surface area contributed by atoms with Crippen LogP contribution in [0.1, 0.15) is 46.0 Å². The molecule has 0 aromatic heterocycles. The van der Waals surface area contributed by atoms with Crippen molar-refractivity contribution in [3.05, 3.63) is 0 Å². The van der Waals surface area contributed by atoms with Crippen molar-refractivity contribution in [2.75, 3.05) is 12.8 Å². The first kappa shape index (κ1) is 23.2. The highest BCUT2D eigenvalue weighted by atomic mass is 35.5. The highest BCUT2D eigenvalue weighted by Crippen LogP contribution is 2.32. The van der Waals surface area contributed by atoms with Crippen molar-refractivity contribution in [3.8, 4) is 0 Å². The summed E-state index contributed by atoms with van der Waals surface area (Å²) in [7, 11) is 0. The molecule has 2 aliphatic heterocycles. The van der Waals surface area contributed by atoms with Crippen LogP contribution < -0.4 is 10.6 Å². The molecule has 0 spiro atoms. The molecule has 2 heterocycles. The fourth-order valence-corrected chi connectivity index (χ4v) is 4.75. The first-order valence-electron chi connectivity index (χ1n) is 9.62. The number of alkyl halides is 2. The fourth-order valence-electron chi connectivity index (χ4n) is 3.91. The van der Waals surface area contributed by atoms with Crippen LogP contribution in [0.5, 0.6) is 0 Å². The molecule has 2 rings (SSSR count). The zero-order chi connectivity index (χ0) is 20.2. The predicted molar refractivity (Wildman–Crippen MR) is 106 cm³/mol. The number of aliphatic hydroxyl groups excluding tert-OH is 2. The van der Waals surface area contributed by atoms with Gasteiger partial charge in [0.15, 0.2) is 0 Å². The Morgan fingerprint density at radius 1 is 1.52 bits per heavy atom. The Hall–Kier alpha value is -0.120. The third-order valence-corrected chi connectivity index (χ3v) is 6.54. The lowest BCUT2D eigenvalue weighted by Gasteiger charge is -2.42.